The van der Waals surface area contributed by atoms with Crippen molar-refractivity contribution in [1.29, 1.82) is 0 Å². The Kier molecular flexibility index (Phi) is 9.44. The van der Waals surface area contributed by atoms with Gasteiger partial charge < -0.3 is 30.0 Å². The molecule has 2 heterocycles. The normalized spacial score (nSPS) is 19.3. The van der Waals surface area contributed by atoms with E-state index in [2.05, 4.69) is 18.7 Å². The molecule has 40 heavy (non-hydrogen) atoms. The van der Waals surface area contributed by atoms with Crippen LogP contribution in [0.5, 0.6) is 11.5 Å². The summed E-state index contributed by atoms with van der Waals surface area (Å²) in [7, 11) is 0. The number of carbonyl (C=O) groups excluding carboxylic acids is 3. The fraction of sp³-hybridized carbons (Fsp3) is 0.433. The molecule has 214 valence electrons. The number of Topliss-reactive ketones (excluding diaryl/α,β-unsaturated/α-hetero) is 1. The van der Waals surface area contributed by atoms with Crippen LogP contribution in [0, 0.1) is 12.8 Å². The second-order valence-corrected chi connectivity index (χ2v) is 10.5. The fourth-order valence-electron chi connectivity index (χ4n) is 4.80. The second-order valence-electron chi connectivity index (χ2n) is 10.5. The number of nitrogens with zero attached hydrogens (tertiary/aromatic N) is 2. The Morgan fingerprint density at radius 1 is 1.07 bits per heavy atom. The molecule has 0 spiro atoms. The van der Waals surface area contributed by atoms with E-state index in [1.54, 1.807) is 42.5 Å². The minimum atomic E-state index is -0.802. The van der Waals surface area contributed by atoms with E-state index in [-0.39, 0.29) is 17.9 Å². The monoisotopic (exact) mass is 551 g/mol. The lowest BCUT2D eigenvalue weighted by molar-refractivity contribution is -0.140. The highest BCUT2D eigenvalue weighted by Crippen LogP contribution is 2.40. The van der Waals surface area contributed by atoms with Gasteiger partial charge in [0.15, 0.2) is 6.61 Å². The standard InChI is InChI=1S/C30H37N3O7/c1-19(2)17-40-24-9-6-22(16-20(24)3)28(35)26-27(21-4-7-23(8-5-21)39-18-25(31)34)33(30(37)29(26)36)11-10-32-12-14-38-15-13-32/h4-9,16,19,27,35H,10-15,17-18H2,1-3H3,(H2,31,34)/b28-26+. The predicted octanol–water partition coefficient (Wildman–Crippen LogP) is 2.65. The maximum Gasteiger partial charge on any atom is 0.295 e. The first-order chi connectivity index (χ1) is 19.2. The molecule has 2 aromatic carbocycles. The lowest BCUT2D eigenvalue weighted by Gasteiger charge is -2.31. The van der Waals surface area contributed by atoms with E-state index in [1.807, 2.05) is 6.92 Å². The van der Waals surface area contributed by atoms with Crippen molar-refractivity contribution < 1.29 is 33.7 Å². The van der Waals surface area contributed by atoms with Gasteiger partial charge in [-0.3, -0.25) is 19.3 Å². The van der Waals surface area contributed by atoms with Gasteiger partial charge in [0.2, 0.25) is 0 Å². The number of amides is 2. The zero-order chi connectivity index (χ0) is 28.8. The third-order valence-corrected chi connectivity index (χ3v) is 6.90. The molecule has 2 saturated heterocycles. The summed E-state index contributed by atoms with van der Waals surface area (Å²) in [5.41, 5.74) is 7.05. The number of morpholine rings is 1. The number of hydrogen-bond acceptors (Lipinski definition) is 8. The van der Waals surface area contributed by atoms with Gasteiger partial charge in [-0.1, -0.05) is 26.0 Å². The summed E-state index contributed by atoms with van der Waals surface area (Å²) in [6.07, 6.45) is 0. The van der Waals surface area contributed by atoms with Crippen LogP contribution in [0.4, 0.5) is 0 Å². The summed E-state index contributed by atoms with van der Waals surface area (Å²) in [6.45, 7) is 9.85. The Labute approximate surface area is 234 Å². The van der Waals surface area contributed by atoms with Crippen LogP contribution in [0.2, 0.25) is 0 Å². The molecule has 2 aromatic rings. The highest BCUT2D eigenvalue weighted by molar-refractivity contribution is 6.46. The van der Waals surface area contributed by atoms with Crippen molar-refractivity contribution in [2.75, 3.05) is 52.6 Å². The van der Waals surface area contributed by atoms with Gasteiger partial charge in [0.25, 0.3) is 17.6 Å². The van der Waals surface area contributed by atoms with Gasteiger partial charge in [-0.15, -0.1) is 0 Å². The zero-order valence-corrected chi connectivity index (χ0v) is 23.2. The minimum Gasteiger partial charge on any atom is -0.507 e. The molecule has 1 unspecified atom stereocenters. The number of likely N-dealkylation sites (tertiary alicyclic amines) is 1. The Bertz CT molecular complexity index is 1270. The number of rotatable bonds is 11. The first-order valence-corrected chi connectivity index (χ1v) is 13.5. The molecule has 10 nitrogen and oxygen atoms in total. The third kappa shape index (κ3) is 6.81. The summed E-state index contributed by atoms with van der Waals surface area (Å²) < 4.78 is 16.6. The van der Waals surface area contributed by atoms with Crippen LogP contribution in [-0.2, 0) is 19.1 Å². The first-order valence-electron chi connectivity index (χ1n) is 13.5. The van der Waals surface area contributed by atoms with Crippen molar-refractivity contribution in [1.82, 2.24) is 9.80 Å². The number of aliphatic hydroxyl groups excluding tert-OH is 1. The van der Waals surface area contributed by atoms with Gasteiger partial charge in [0, 0.05) is 31.7 Å². The SMILES string of the molecule is Cc1cc(/C(O)=C2\C(=O)C(=O)N(CCN3CCOCC3)C2c2ccc(OCC(N)=O)cc2)ccc1OCC(C)C. The van der Waals surface area contributed by atoms with Gasteiger partial charge >= 0.3 is 0 Å². The van der Waals surface area contributed by atoms with E-state index in [1.165, 1.54) is 4.90 Å². The number of hydrogen-bond donors (Lipinski definition) is 2. The first kappa shape index (κ1) is 29.1. The molecular formula is C30H37N3O7. The van der Waals surface area contributed by atoms with Crippen molar-refractivity contribution in [3.05, 3.63) is 64.7 Å². The molecule has 2 aliphatic rings. The van der Waals surface area contributed by atoms with Crippen molar-refractivity contribution in [2.24, 2.45) is 11.7 Å². The van der Waals surface area contributed by atoms with Crippen LogP contribution in [0.3, 0.4) is 0 Å². The quantitative estimate of drug-likeness (QED) is 0.248. The van der Waals surface area contributed by atoms with Crippen molar-refractivity contribution >= 4 is 23.4 Å². The Balaban J connectivity index is 1.69. The number of primary amides is 1. The Hall–Kier alpha value is -3.89. The van der Waals surface area contributed by atoms with E-state index in [4.69, 9.17) is 19.9 Å². The molecule has 4 rings (SSSR count). The molecule has 0 radical (unpaired) electrons. The number of benzene rings is 2. The third-order valence-electron chi connectivity index (χ3n) is 6.90. The number of ketones is 1. The fourth-order valence-corrected chi connectivity index (χ4v) is 4.80. The number of carbonyl (C=O) groups is 3. The molecule has 2 fully saturated rings. The van der Waals surface area contributed by atoms with Crippen LogP contribution in [-0.4, -0.2) is 85.1 Å². The average Bonchev–Trinajstić information content (AvgIpc) is 3.19. The largest absolute Gasteiger partial charge is 0.507 e. The molecule has 0 aliphatic carbocycles. The molecular weight excluding hydrogens is 514 g/mol. The van der Waals surface area contributed by atoms with Crippen LogP contribution < -0.4 is 15.2 Å². The maximum atomic E-state index is 13.4. The maximum absolute atomic E-state index is 13.4. The topological polar surface area (TPSA) is 132 Å². The number of ether oxygens (including phenoxy) is 3. The van der Waals surface area contributed by atoms with E-state index >= 15 is 0 Å². The van der Waals surface area contributed by atoms with Gasteiger partial charge in [-0.2, -0.15) is 0 Å². The van der Waals surface area contributed by atoms with Crippen molar-refractivity contribution in [3.8, 4) is 11.5 Å². The minimum absolute atomic E-state index is 0.0213. The molecule has 3 N–H and O–H groups in total. The molecule has 0 aromatic heterocycles. The smallest absolute Gasteiger partial charge is 0.295 e. The van der Waals surface area contributed by atoms with E-state index in [0.717, 1.165) is 18.7 Å². The van der Waals surface area contributed by atoms with Gasteiger partial charge in [0.05, 0.1) is 31.4 Å². The lowest BCUT2D eigenvalue weighted by Crippen LogP contribution is -2.42. The summed E-state index contributed by atoms with van der Waals surface area (Å²) in [5, 5.41) is 11.4. The number of aliphatic hydroxyl groups is 1. The van der Waals surface area contributed by atoms with E-state index in [0.29, 0.717) is 61.5 Å². The summed E-state index contributed by atoms with van der Waals surface area (Å²) in [5.74, 6) is -0.784. The average molecular weight is 552 g/mol. The van der Waals surface area contributed by atoms with E-state index in [9.17, 15) is 19.5 Å². The van der Waals surface area contributed by atoms with Crippen LogP contribution >= 0.6 is 0 Å². The summed E-state index contributed by atoms with van der Waals surface area (Å²) >= 11 is 0. The molecule has 2 amide bonds. The molecule has 0 bridgehead atoms. The Morgan fingerprint density at radius 2 is 1.77 bits per heavy atom. The number of nitrogens with two attached hydrogens (primary N) is 1. The van der Waals surface area contributed by atoms with Gasteiger partial charge in [-0.05, 0) is 54.3 Å². The van der Waals surface area contributed by atoms with Crippen molar-refractivity contribution in [2.45, 2.75) is 26.8 Å². The van der Waals surface area contributed by atoms with Gasteiger partial charge in [-0.25, -0.2) is 0 Å². The Morgan fingerprint density at radius 3 is 2.40 bits per heavy atom. The van der Waals surface area contributed by atoms with Crippen LogP contribution in [0.1, 0.15) is 36.6 Å². The highest BCUT2D eigenvalue weighted by Gasteiger charge is 2.46. The highest BCUT2D eigenvalue weighted by atomic mass is 16.5. The van der Waals surface area contributed by atoms with Crippen molar-refractivity contribution in [3.63, 3.8) is 0 Å². The van der Waals surface area contributed by atoms with E-state index < -0.39 is 23.6 Å². The molecule has 10 heteroatoms. The van der Waals surface area contributed by atoms with Gasteiger partial charge in [0.1, 0.15) is 17.3 Å². The second kappa shape index (κ2) is 13.0. The molecule has 0 saturated carbocycles. The van der Waals surface area contributed by atoms with Crippen LogP contribution in [0.15, 0.2) is 48.0 Å². The predicted molar refractivity (Wildman–Crippen MR) is 149 cm³/mol. The molecule has 2 aliphatic heterocycles. The lowest BCUT2D eigenvalue weighted by atomic mass is 9.94. The molecule has 1 atom stereocenters. The summed E-state index contributed by atoms with van der Waals surface area (Å²) in [4.78, 5) is 41.5. The number of aryl methyl sites for hydroxylation is 1. The zero-order valence-electron chi connectivity index (χ0n) is 23.2. The summed E-state index contributed by atoms with van der Waals surface area (Å²) in [6, 6.07) is 11.1. The van der Waals surface area contributed by atoms with Crippen LogP contribution in [0.25, 0.3) is 5.76 Å².